The van der Waals surface area contributed by atoms with Gasteiger partial charge in [-0.05, 0) is 46.9 Å². The van der Waals surface area contributed by atoms with Crippen LogP contribution >= 0.6 is 38.5 Å². The third kappa shape index (κ3) is 2.48. The Balaban J connectivity index is 2.37. The van der Waals surface area contributed by atoms with Gasteiger partial charge in [-0.1, -0.05) is 15.9 Å². The molecule has 7 heteroatoms. The minimum atomic E-state index is -0.307. The number of hydrogen-bond donors (Lipinski definition) is 1. The Morgan fingerprint density at radius 2 is 2.10 bits per heavy atom. The van der Waals surface area contributed by atoms with Crippen LogP contribution in [0.5, 0.6) is 5.75 Å². The molecule has 0 aliphatic rings. The minimum Gasteiger partial charge on any atom is -0.495 e. The molecule has 108 valence electrons. The number of anilines is 1. The van der Waals surface area contributed by atoms with Crippen molar-refractivity contribution in [3.8, 4) is 11.4 Å². The summed E-state index contributed by atoms with van der Waals surface area (Å²) in [6, 6.07) is 8.63. The highest BCUT2D eigenvalue weighted by atomic mass is 127. The molecule has 2 N–H and O–H groups in total. The van der Waals surface area contributed by atoms with Crippen LogP contribution in [0, 0.1) is 9.39 Å². The predicted octanol–water partition coefficient (Wildman–Crippen LogP) is 4.12. The third-order valence-electron chi connectivity index (χ3n) is 3.10. The molecule has 0 bridgehead atoms. The van der Waals surface area contributed by atoms with Crippen molar-refractivity contribution in [1.29, 1.82) is 0 Å². The largest absolute Gasteiger partial charge is 0.495 e. The lowest BCUT2D eigenvalue weighted by molar-refractivity contribution is 0.413. The SMILES string of the molecule is COc1ccc(Br)cc1-n1c(N)nc2cc(I)c(F)cc21. The van der Waals surface area contributed by atoms with Crippen LogP contribution in [-0.4, -0.2) is 16.7 Å². The fourth-order valence-electron chi connectivity index (χ4n) is 2.18. The van der Waals surface area contributed by atoms with Crippen molar-refractivity contribution in [2.45, 2.75) is 0 Å². The number of methoxy groups -OCH3 is 1. The Morgan fingerprint density at radius 1 is 1.33 bits per heavy atom. The lowest BCUT2D eigenvalue weighted by atomic mass is 10.2. The van der Waals surface area contributed by atoms with Gasteiger partial charge in [0.2, 0.25) is 5.95 Å². The fraction of sp³-hybridized carbons (Fsp3) is 0.0714. The summed E-state index contributed by atoms with van der Waals surface area (Å²) >= 11 is 5.35. The second-order valence-corrected chi connectivity index (χ2v) is 6.45. The van der Waals surface area contributed by atoms with E-state index in [4.69, 9.17) is 10.5 Å². The molecule has 3 rings (SSSR count). The number of nitrogens with two attached hydrogens (primary N) is 1. The molecule has 1 heterocycles. The molecule has 4 nitrogen and oxygen atoms in total. The first-order chi connectivity index (χ1) is 10.0. The fourth-order valence-corrected chi connectivity index (χ4v) is 2.98. The minimum absolute atomic E-state index is 0.280. The summed E-state index contributed by atoms with van der Waals surface area (Å²) in [5.74, 6) is 0.601. The quantitative estimate of drug-likeness (QED) is 0.584. The Kier molecular flexibility index (Phi) is 3.78. The number of rotatable bonds is 2. The van der Waals surface area contributed by atoms with Gasteiger partial charge in [0.1, 0.15) is 11.6 Å². The van der Waals surface area contributed by atoms with E-state index in [1.807, 2.05) is 40.8 Å². The highest BCUT2D eigenvalue weighted by Crippen LogP contribution is 2.32. The number of ether oxygens (including phenoxy) is 1. The Labute approximate surface area is 142 Å². The molecule has 0 unspecified atom stereocenters. The van der Waals surface area contributed by atoms with Crippen molar-refractivity contribution in [1.82, 2.24) is 9.55 Å². The van der Waals surface area contributed by atoms with Gasteiger partial charge in [0.25, 0.3) is 0 Å². The van der Waals surface area contributed by atoms with E-state index >= 15 is 0 Å². The Bertz CT molecular complexity index is 850. The van der Waals surface area contributed by atoms with E-state index in [1.165, 1.54) is 6.07 Å². The summed E-state index contributed by atoms with van der Waals surface area (Å²) in [6.07, 6.45) is 0. The standard InChI is InChI=1S/C14H10BrFIN3O/c1-21-13-3-2-7(15)4-12(13)20-11-5-8(16)9(17)6-10(11)19-14(20)18/h2-6H,1H3,(H2,18,19). The van der Waals surface area contributed by atoms with Crippen molar-refractivity contribution in [3.63, 3.8) is 0 Å². The second-order valence-electron chi connectivity index (χ2n) is 4.38. The highest BCUT2D eigenvalue weighted by molar-refractivity contribution is 14.1. The zero-order chi connectivity index (χ0) is 15.1. The molecule has 21 heavy (non-hydrogen) atoms. The second kappa shape index (κ2) is 5.45. The molecule has 3 aromatic rings. The predicted molar refractivity (Wildman–Crippen MR) is 92.4 cm³/mol. The van der Waals surface area contributed by atoms with Crippen LogP contribution in [0.3, 0.4) is 0 Å². The van der Waals surface area contributed by atoms with Crippen LogP contribution in [0.25, 0.3) is 16.7 Å². The molecular formula is C14H10BrFIN3O. The summed E-state index contributed by atoms with van der Waals surface area (Å²) < 4.78 is 22.3. The first kappa shape index (κ1) is 14.6. The maximum atomic E-state index is 13.9. The van der Waals surface area contributed by atoms with E-state index < -0.39 is 0 Å². The van der Waals surface area contributed by atoms with Gasteiger partial charge in [0, 0.05) is 10.5 Å². The van der Waals surface area contributed by atoms with Gasteiger partial charge in [-0.15, -0.1) is 0 Å². The van der Waals surface area contributed by atoms with Crippen LogP contribution in [-0.2, 0) is 0 Å². The van der Waals surface area contributed by atoms with E-state index in [-0.39, 0.29) is 11.8 Å². The van der Waals surface area contributed by atoms with E-state index in [0.29, 0.717) is 26.0 Å². The van der Waals surface area contributed by atoms with Gasteiger partial charge >= 0.3 is 0 Å². The van der Waals surface area contributed by atoms with Crippen LogP contribution in [0.15, 0.2) is 34.8 Å². The van der Waals surface area contributed by atoms with Crippen LogP contribution in [0.1, 0.15) is 0 Å². The van der Waals surface area contributed by atoms with Gasteiger partial charge in [0.15, 0.2) is 0 Å². The monoisotopic (exact) mass is 461 g/mol. The van der Waals surface area contributed by atoms with Gasteiger partial charge in [-0.2, -0.15) is 0 Å². The number of nitrogens with zero attached hydrogens (tertiary/aromatic N) is 2. The van der Waals surface area contributed by atoms with Gasteiger partial charge in [0.05, 0.1) is 27.4 Å². The first-order valence-corrected chi connectivity index (χ1v) is 7.85. The first-order valence-electron chi connectivity index (χ1n) is 5.98. The van der Waals surface area contributed by atoms with E-state index in [1.54, 1.807) is 17.7 Å². The molecule has 0 aliphatic carbocycles. The van der Waals surface area contributed by atoms with Crippen LogP contribution < -0.4 is 10.5 Å². The van der Waals surface area contributed by atoms with Crippen molar-refractivity contribution in [3.05, 3.63) is 44.2 Å². The molecule has 0 aliphatic heterocycles. The summed E-state index contributed by atoms with van der Waals surface area (Å²) in [4.78, 5) is 4.29. The number of hydrogen-bond acceptors (Lipinski definition) is 3. The smallest absolute Gasteiger partial charge is 0.206 e. The molecule has 1 aromatic heterocycles. The molecule has 0 atom stereocenters. The number of aromatic nitrogens is 2. The average Bonchev–Trinajstić information content (AvgIpc) is 2.74. The number of halogens is 3. The van der Waals surface area contributed by atoms with Gasteiger partial charge in [-0.25, -0.2) is 9.37 Å². The zero-order valence-corrected chi connectivity index (χ0v) is 14.6. The molecule has 0 fully saturated rings. The molecule has 0 saturated carbocycles. The van der Waals surface area contributed by atoms with Crippen molar-refractivity contribution >= 4 is 55.5 Å². The van der Waals surface area contributed by atoms with E-state index in [2.05, 4.69) is 20.9 Å². The maximum absolute atomic E-state index is 13.9. The molecule has 0 spiro atoms. The topological polar surface area (TPSA) is 53.1 Å². The number of nitrogen functional groups attached to an aromatic ring is 1. The lowest BCUT2D eigenvalue weighted by Crippen LogP contribution is -2.03. The van der Waals surface area contributed by atoms with Crippen molar-refractivity contribution < 1.29 is 9.13 Å². The van der Waals surface area contributed by atoms with Crippen LogP contribution in [0.2, 0.25) is 0 Å². The normalized spacial score (nSPS) is 11.0. The summed E-state index contributed by atoms with van der Waals surface area (Å²) in [6.45, 7) is 0. The van der Waals surface area contributed by atoms with Crippen molar-refractivity contribution in [2.75, 3.05) is 12.8 Å². The zero-order valence-electron chi connectivity index (χ0n) is 10.9. The molecule has 0 saturated heterocycles. The Morgan fingerprint density at radius 3 is 2.81 bits per heavy atom. The average molecular weight is 462 g/mol. The molecule has 0 amide bonds. The number of imidazole rings is 1. The van der Waals surface area contributed by atoms with Crippen molar-refractivity contribution in [2.24, 2.45) is 0 Å². The van der Waals surface area contributed by atoms with Gasteiger partial charge < -0.3 is 10.5 Å². The van der Waals surface area contributed by atoms with Gasteiger partial charge in [-0.3, -0.25) is 4.57 Å². The number of benzene rings is 2. The molecular weight excluding hydrogens is 452 g/mol. The third-order valence-corrected chi connectivity index (χ3v) is 4.42. The maximum Gasteiger partial charge on any atom is 0.206 e. The van der Waals surface area contributed by atoms with Crippen LogP contribution in [0.4, 0.5) is 10.3 Å². The highest BCUT2D eigenvalue weighted by Gasteiger charge is 2.16. The number of fused-ring (bicyclic) bond motifs is 1. The summed E-state index contributed by atoms with van der Waals surface area (Å²) in [7, 11) is 1.57. The summed E-state index contributed by atoms with van der Waals surface area (Å²) in [5, 5.41) is 0. The van der Waals surface area contributed by atoms with E-state index in [9.17, 15) is 4.39 Å². The molecule has 0 radical (unpaired) electrons. The summed E-state index contributed by atoms with van der Waals surface area (Å²) in [5.41, 5.74) is 7.95. The lowest BCUT2D eigenvalue weighted by Gasteiger charge is -2.12. The Hall–Kier alpha value is -1.35. The molecule has 2 aromatic carbocycles. The van der Waals surface area contributed by atoms with E-state index in [0.717, 1.165) is 4.47 Å².